The first-order valence-corrected chi connectivity index (χ1v) is 8.37. The van der Waals surface area contributed by atoms with Crippen molar-refractivity contribution in [2.45, 2.75) is 26.8 Å². The quantitative estimate of drug-likeness (QED) is 0.589. The minimum atomic E-state index is 0.735. The van der Waals surface area contributed by atoms with Crippen LogP contribution in [0.4, 0.5) is 0 Å². The van der Waals surface area contributed by atoms with Crippen molar-refractivity contribution in [1.82, 2.24) is 9.55 Å². The van der Waals surface area contributed by atoms with Crippen molar-refractivity contribution in [1.29, 1.82) is 0 Å². The van der Waals surface area contributed by atoms with Gasteiger partial charge in [-0.1, -0.05) is 35.4 Å². The molecule has 0 bridgehead atoms. The Bertz CT molecular complexity index is 810. The van der Waals surface area contributed by atoms with Crippen LogP contribution in [-0.2, 0) is 11.3 Å². The van der Waals surface area contributed by atoms with Crippen molar-refractivity contribution >= 4 is 22.6 Å². The number of benzene rings is 2. The average molecular weight is 329 g/mol. The number of nitrogens with zero attached hydrogens (tertiary/aromatic N) is 2. The Morgan fingerprint density at radius 2 is 2.04 bits per heavy atom. The van der Waals surface area contributed by atoms with E-state index in [-0.39, 0.29) is 0 Å². The molecule has 0 spiro atoms. The Kier molecular flexibility index (Phi) is 4.99. The van der Waals surface area contributed by atoms with Crippen LogP contribution in [0, 0.1) is 6.92 Å². The van der Waals surface area contributed by atoms with Gasteiger partial charge in [0.15, 0.2) is 0 Å². The first-order valence-electron chi connectivity index (χ1n) is 7.99. The molecule has 0 unspecified atom stereocenters. The molecule has 0 saturated heterocycles. The fourth-order valence-electron chi connectivity index (χ4n) is 2.80. The molecular weight excluding hydrogens is 308 g/mol. The molecule has 0 atom stereocenters. The van der Waals surface area contributed by atoms with E-state index in [1.807, 2.05) is 25.1 Å². The zero-order valence-corrected chi connectivity index (χ0v) is 14.3. The monoisotopic (exact) mass is 328 g/mol. The highest BCUT2D eigenvalue weighted by molar-refractivity contribution is 6.31. The highest BCUT2D eigenvalue weighted by Crippen LogP contribution is 2.27. The number of aromatic nitrogens is 2. The van der Waals surface area contributed by atoms with Crippen LogP contribution in [0.5, 0.6) is 0 Å². The van der Waals surface area contributed by atoms with Gasteiger partial charge >= 0.3 is 0 Å². The maximum absolute atomic E-state index is 6.19. The minimum Gasteiger partial charge on any atom is -0.382 e. The smallest absolute Gasteiger partial charge is 0.141 e. The van der Waals surface area contributed by atoms with E-state index in [1.165, 1.54) is 5.56 Å². The lowest BCUT2D eigenvalue weighted by Gasteiger charge is -2.10. The third-order valence-corrected chi connectivity index (χ3v) is 4.10. The molecule has 4 heteroatoms. The van der Waals surface area contributed by atoms with Crippen LogP contribution >= 0.6 is 11.6 Å². The van der Waals surface area contributed by atoms with Crippen LogP contribution in [-0.4, -0.2) is 22.8 Å². The maximum atomic E-state index is 6.19. The summed E-state index contributed by atoms with van der Waals surface area (Å²) in [6.45, 7) is 6.48. The molecule has 1 aromatic heterocycles. The number of aryl methyl sites for hydroxylation is 2. The van der Waals surface area contributed by atoms with E-state index < -0.39 is 0 Å². The molecule has 0 aliphatic carbocycles. The van der Waals surface area contributed by atoms with Gasteiger partial charge in [0, 0.05) is 30.3 Å². The van der Waals surface area contributed by atoms with Gasteiger partial charge in [-0.25, -0.2) is 4.98 Å². The molecule has 0 aliphatic rings. The van der Waals surface area contributed by atoms with Gasteiger partial charge in [0.2, 0.25) is 0 Å². The third kappa shape index (κ3) is 3.57. The molecule has 0 aliphatic heterocycles. The van der Waals surface area contributed by atoms with Gasteiger partial charge in [-0.05, 0) is 44.5 Å². The SMILES string of the molecule is CCOCCCn1c(-c2cccc(C)c2)nc2ccc(Cl)cc21. The van der Waals surface area contributed by atoms with Crippen molar-refractivity contribution in [3.63, 3.8) is 0 Å². The standard InChI is InChI=1S/C19H21ClN2O/c1-3-23-11-5-10-22-18-13-16(20)8-9-17(18)21-19(22)15-7-4-6-14(2)12-15/h4,6-9,12-13H,3,5,10-11H2,1-2H3. The fourth-order valence-corrected chi connectivity index (χ4v) is 2.96. The van der Waals surface area contributed by atoms with E-state index in [2.05, 4.69) is 35.8 Å². The largest absolute Gasteiger partial charge is 0.382 e. The molecule has 0 radical (unpaired) electrons. The molecular formula is C19H21ClN2O. The summed E-state index contributed by atoms with van der Waals surface area (Å²) in [7, 11) is 0. The van der Waals surface area contributed by atoms with Crippen molar-refractivity contribution in [2.75, 3.05) is 13.2 Å². The summed E-state index contributed by atoms with van der Waals surface area (Å²) in [6, 6.07) is 14.3. The van der Waals surface area contributed by atoms with Crippen LogP contribution in [0.15, 0.2) is 42.5 Å². The summed E-state index contributed by atoms with van der Waals surface area (Å²) >= 11 is 6.19. The van der Waals surface area contributed by atoms with E-state index in [4.69, 9.17) is 21.3 Å². The second-order valence-electron chi connectivity index (χ2n) is 5.64. The Morgan fingerprint density at radius 3 is 2.83 bits per heavy atom. The molecule has 3 rings (SSSR count). The topological polar surface area (TPSA) is 27.1 Å². The molecule has 120 valence electrons. The molecule has 0 amide bonds. The number of imidazole rings is 1. The van der Waals surface area contributed by atoms with Crippen LogP contribution in [0.1, 0.15) is 18.9 Å². The fraction of sp³-hybridized carbons (Fsp3) is 0.316. The summed E-state index contributed by atoms with van der Waals surface area (Å²) in [5.74, 6) is 0.988. The van der Waals surface area contributed by atoms with Crippen LogP contribution in [0.25, 0.3) is 22.4 Å². The molecule has 23 heavy (non-hydrogen) atoms. The maximum Gasteiger partial charge on any atom is 0.141 e. The summed E-state index contributed by atoms with van der Waals surface area (Å²) in [5, 5.41) is 0.735. The molecule has 0 saturated carbocycles. The van der Waals surface area contributed by atoms with Gasteiger partial charge in [-0.15, -0.1) is 0 Å². The second kappa shape index (κ2) is 7.16. The van der Waals surface area contributed by atoms with E-state index in [0.717, 1.165) is 53.6 Å². The summed E-state index contributed by atoms with van der Waals surface area (Å²) in [4.78, 5) is 4.83. The highest BCUT2D eigenvalue weighted by atomic mass is 35.5. The van der Waals surface area contributed by atoms with Crippen LogP contribution in [0.2, 0.25) is 5.02 Å². The lowest BCUT2D eigenvalue weighted by atomic mass is 10.1. The van der Waals surface area contributed by atoms with Gasteiger partial charge in [0.25, 0.3) is 0 Å². The lowest BCUT2D eigenvalue weighted by Crippen LogP contribution is -2.04. The Balaban J connectivity index is 2.04. The average Bonchev–Trinajstić information content (AvgIpc) is 2.89. The number of fused-ring (bicyclic) bond motifs is 1. The predicted molar refractivity (Wildman–Crippen MR) is 96.0 cm³/mol. The van der Waals surface area contributed by atoms with Crippen molar-refractivity contribution in [3.8, 4) is 11.4 Å². The van der Waals surface area contributed by atoms with Crippen LogP contribution < -0.4 is 0 Å². The molecule has 3 nitrogen and oxygen atoms in total. The first kappa shape index (κ1) is 16.0. The van der Waals surface area contributed by atoms with Gasteiger partial charge < -0.3 is 9.30 Å². The molecule has 0 fully saturated rings. The minimum absolute atomic E-state index is 0.735. The summed E-state index contributed by atoms with van der Waals surface area (Å²) in [6.07, 6.45) is 0.949. The second-order valence-corrected chi connectivity index (χ2v) is 6.08. The zero-order chi connectivity index (χ0) is 16.2. The van der Waals surface area contributed by atoms with E-state index >= 15 is 0 Å². The third-order valence-electron chi connectivity index (χ3n) is 3.86. The molecule has 2 aromatic carbocycles. The number of rotatable bonds is 6. The first-order chi connectivity index (χ1) is 11.2. The number of hydrogen-bond acceptors (Lipinski definition) is 2. The van der Waals surface area contributed by atoms with E-state index in [9.17, 15) is 0 Å². The normalized spacial score (nSPS) is 11.3. The summed E-state index contributed by atoms with van der Waals surface area (Å²) in [5.41, 5.74) is 4.41. The van der Waals surface area contributed by atoms with E-state index in [1.54, 1.807) is 0 Å². The Labute approximate surface area is 141 Å². The highest BCUT2D eigenvalue weighted by Gasteiger charge is 2.13. The number of ether oxygens (including phenoxy) is 1. The van der Waals surface area contributed by atoms with Gasteiger partial charge in [-0.2, -0.15) is 0 Å². The number of halogens is 1. The summed E-state index contributed by atoms with van der Waals surface area (Å²) < 4.78 is 7.72. The van der Waals surface area contributed by atoms with E-state index in [0.29, 0.717) is 0 Å². The van der Waals surface area contributed by atoms with Crippen molar-refractivity contribution < 1.29 is 4.74 Å². The van der Waals surface area contributed by atoms with Gasteiger partial charge in [0.1, 0.15) is 5.82 Å². The van der Waals surface area contributed by atoms with Crippen molar-refractivity contribution in [2.24, 2.45) is 0 Å². The molecule has 0 N–H and O–H groups in total. The predicted octanol–water partition coefficient (Wildman–Crippen LogP) is 5.09. The lowest BCUT2D eigenvalue weighted by molar-refractivity contribution is 0.142. The van der Waals surface area contributed by atoms with Gasteiger partial charge in [0.05, 0.1) is 11.0 Å². The Hall–Kier alpha value is -1.84. The van der Waals surface area contributed by atoms with Gasteiger partial charge in [-0.3, -0.25) is 0 Å². The number of hydrogen-bond donors (Lipinski definition) is 0. The molecule has 1 heterocycles. The van der Waals surface area contributed by atoms with Crippen molar-refractivity contribution in [3.05, 3.63) is 53.1 Å². The molecule has 3 aromatic rings. The van der Waals surface area contributed by atoms with Crippen LogP contribution in [0.3, 0.4) is 0 Å². The zero-order valence-electron chi connectivity index (χ0n) is 13.6. The Morgan fingerprint density at radius 1 is 1.17 bits per heavy atom.